The zero-order valence-electron chi connectivity index (χ0n) is 12.9. The fraction of sp³-hybridized carbons (Fsp3) is 0.368. The van der Waals surface area contributed by atoms with Crippen molar-refractivity contribution in [1.29, 1.82) is 0 Å². The molecule has 2 heteroatoms. The van der Waals surface area contributed by atoms with E-state index in [9.17, 15) is 0 Å². The summed E-state index contributed by atoms with van der Waals surface area (Å²) in [6, 6.07) is 17.6. The monoisotopic (exact) mass is 299 g/mol. The lowest BCUT2D eigenvalue weighted by atomic mass is 9.84. The molecule has 0 bridgehead atoms. The van der Waals surface area contributed by atoms with Gasteiger partial charge in [0.2, 0.25) is 0 Å². The highest BCUT2D eigenvalue weighted by Crippen LogP contribution is 2.46. The minimum atomic E-state index is 0.233. The van der Waals surface area contributed by atoms with Gasteiger partial charge in [0.15, 0.2) is 0 Å². The summed E-state index contributed by atoms with van der Waals surface area (Å²) < 4.78 is 0. The molecule has 2 aromatic rings. The Kier molecular flexibility index (Phi) is 3.81. The van der Waals surface area contributed by atoms with E-state index in [4.69, 9.17) is 11.6 Å². The summed E-state index contributed by atoms with van der Waals surface area (Å²) in [5.74, 6) is 0. The van der Waals surface area contributed by atoms with Crippen LogP contribution in [-0.4, -0.2) is 0 Å². The van der Waals surface area contributed by atoms with Crippen molar-refractivity contribution in [2.75, 3.05) is 0 Å². The van der Waals surface area contributed by atoms with Gasteiger partial charge in [-0.1, -0.05) is 61.8 Å². The standard InChI is InChI=1S/C19H22ClN/c1-13(14-8-6-9-16(20)11-14)21-18-17-10-5-4-7-15(17)12-19(18,2)3/h4-11,13,18,21H,12H2,1-3H3. The second kappa shape index (κ2) is 5.47. The van der Waals surface area contributed by atoms with Crippen LogP contribution in [0, 0.1) is 5.41 Å². The van der Waals surface area contributed by atoms with Crippen LogP contribution in [0.4, 0.5) is 0 Å². The van der Waals surface area contributed by atoms with Gasteiger partial charge in [-0.25, -0.2) is 0 Å². The number of halogens is 1. The highest BCUT2D eigenvalue weighted by Gasteiger charge is 2.39. The fourth-order valence-corrected chi connectivity index (χ4v) is 3.63. The molecule has 1 aliphatic carbocycles. The molecule has 2 atom stereocenters. The molecule has 2 aromatic carbocycles. The van der Waals surface area contributed by atoms with Crippen LogP contribution in [0.25, 0.3) is 0 Å². The van der Waals surface area contributed by atoms with Gasteiger partial charge < -0.3 is 5.32 Å². The molecule has 0 saturated heterocycles. The first-order valence-corrected chi connectivity index (χ1v) is 7.94. The summed E-state index contributed by atoms with van der Waals surface area (Å²) in [6.07, 6.45) is 1.13. The Balaban J connectivity index is 1.87. The van der Waals surface area contributed by atoms with Gasteiger partial charge in [-0.05, 0) is 47.6 Å². The predicted octanol–water partition coefficient (Wildman–Crippen LogP) is 5.31. The van der Waals surface area contributed by atoms with Gasteiger partial charge in [0.1, 0.15) is 0 Å². The van der Waals surface area contributed by atoms with Crippen LogP contribution in [0.15, 0.2) is 48.5 Å². The maximum atomic E-state index is 6.11. The van der Waals surface area contributed by atoms with Gasteiger partial charge in [-0.2, -0.15) is 0 Å². The van der Waals surface area contributed by atoms with Crippen molar-refractivity contribution in [3.8, 4) is 0 Å². The molecular formula is C19H22ClN. The molecule has 0 aliphatic heterocycles. The first kappa shape index (κ1) is 14.6. The zero-order chi connectivity index (χ0) is 15.0. The average Bonchev–Trinajstić information content (AvgIpc) is 2.69. The Morgan fingerprint density at radius 1 is 1.14 bits per heavy atom. The zero-order valence-corrected chi connectivity index (χ0v) is 13.6. The maximum Gasteiger partial charge on any atom is 0.0409 e. The van der Waals surface area contributed by atoms with E-state index in [0.717, 1.165) is 11.4 Å². The minimum Gasteiger partial charge on any atom is -0.303 e. The number of nitrogens with one attached hydrogen (secondary N) is 1. The van der Waals surface area contributed by atoms with Crippen LogP contribution in [0.5, 0.6) is 0 Å². The molecule has 0 fully saturated rings. The van der Waals surface area contributed by atoms with Crippen molar-refractivity contribution in [2.45, 2.75) is 39.3 Å². The quantitative estimate of drug-likeness (QED) is 0.809. The second-order valence-corrected chi connectivity index (χ2v) is 7.18. The van der Waals surface area contributed by atoms with Crippen LogP contribution < -0.4 is 5.32 Å². The number of rotatable bonds is 3. The Bertz CT molecular complexity index is 648. The predicted molar refractivity (Wildman–Crippen MR) is 89.7 cm³/mol. The van der Waals surface area contributed by atoms with Crippen molar-refractivity contribution in [3.63, 3.8) is 0 Å². The van der Waals surface area contributed by atoms with E-state index in [1.165, 1.54) is 16.7 Å². The third-order valence-electron chi connectivity index (χ3n) is 4.56. The lowest BCUT2D eigenvalue weighted by Gasteiger charge is -2.31. The normalized spacial score (nSPS) is 21.0. The van der Waals surface area contributed by atoms with Gasteiger partial charge >= 0.3 is 0 Å². The number of hydrogen-bond acceptors (Lipinski definition) is 1. The number of fused-ring (bicyclic) bond motifs is 1. The van der Waals surface area contributed by atoms with Crippen molar-refractivity contribution in [3.05, 3.63) is 70.2 Å². The molecule has 21 heavy (non-hydrogen) atoms. The molecular weight excluding hydrogens is 278 g/mol. The average molecular weight is 300 g/mol. The van der Waals surface area contributed by atoms with E-state index in [1.54, 1.807) is 0 Å². The highest BCUT2D eigenvalue weighted by atomic mass is 35.5. The summed E-state index contributed by atoms with van der Waals surface area (Å²) in [6.45, 7) is 6.90. The molecule has 0 spiro atoms. The topological polar surface area (TPSA) is 12.0 Å². The first-order chi connectivity index (χ1) is 9.97. The Labute approximate surface area is 132 Å². The Hall–Kier alpha value is -1.31. The molecule has 1 nitrogen and oxygen atoms in total. The largest absolute Gasteiger partial charge is 0.303 e. The van der Waals surface area contributed by atoms with Crippen LogP contribution in [0.1, 0.15) is 49.5 Å². The molecule has 0 saturated carbocycles. The van der Waals surface area contributed by atoms with Gasteiger partial charge in [0, 0.05) is 17.1 Å². The van der Waals surface area contributed by atoms with Crippen LogP contribution in [-0.2, 0) is 6.42 Å². The van der Waals surface area contributed by atoms with E-state index >= 15 is 0 Å². The number of hydrogen-bond donors (Lipinski definition) is 1. The smallest absolute Gasteiger partial charge is 0.0409 e. The highest BCUT2D eigenvalue weighted by molar-refractivity contribution is 6.30. The molecule has 0 aromatic heterocycles. The van der Waals surface area contributed by atoms with E-state index in [2.05, 4.69) is 56.4 Å². The molecule has 1 aliphatic rings. The van der Waals surface area contributed by atoms with E-state index in [0.29, 0.717) is 6.04 Å². The summed E-state index contributed by atoms with van der Waals surface area (Å²) in [5, 5.41) is 4.61. The molecule has 0 radical (unpaired) electrons. The molecule has 1 N–H and O–H groups in total. The van der Waals surface area contributed by atoms with E-state index < -0.39 is 0 Å². The minimum absolute atomic E-state index is 0.233. The van der Waals surface area contributed by atoms with E-state index in [1.807, 2.05) is 18.2 Å². The molecule has 3 rings (SSSR count). The van der Waals surface area contributed by atoms with Gasteiger partial charge in [0.25, 0.3) is 0 Å². The second-order valence-electron chi connectivity index (χ2n) is 6.74. The van der Waals surface area contributed by atoms with Crippen LogP contribution in [0.3, 0.4) is 0 Å². The summed E-state index contributed by atoms with van der Waals surface area (Å²) in [4.78, 5) is 0. The molecule has 0 amide bonds. The summed E-state index contributed by atoms with van der Waals surface area (Å²) >= 11 is 6.11. The van der Waals surface area contributed by atoms with Crippen molar-refractivity contribution < 1.29 is 0 Å². The summed E-state index contributed by atoms with van der Waals surface area (Å²) in [5.41, 5.74) is 4.38. The van der Waals surface area contributed by atoms with Gasteiger partial charge in [-0.15, -0.1) is 0 Å². The SMILES string of the molecule is CC(NC1c2ccccc2CC1(C)C)c1cccc(Cl)c1. The molecule has 2 unspecified atom stereocenters. The molecule has 0 heterocycles. The maximum absolute atomic E-state index is 6.11. The third kappa shape index (κ3) is 2.86. The van der Waals surface area contributed by atoms with Gasteiger partial charge in [0.05, 0.1) is 0 Å². The Morgan fingerprint density at radius 2 is 1.90 bits per heavy atom. The van der Waals surface area contributed by atoms with Crippen molar-refractivity contribution >= 4 is 11.6 Å². The van der Waals surface area contributed by atoms with E-state index in [-0.39, 0.29) is 11.5 Å². The summed E-state index contributed by atoms with van der Waals surface area (Å²) in [7, 11) is 0. The van der Waals surface area contributed by atoms with Crippen LogP contribution in [0.2, 0.25) is 5.02 Å². The van der Waals surface area contributed by atoms with Crippen LogP contribution >= 0.6 is 11.6 Å². The number of benzene rings is 2. The lowest BCUT2D eigenvalue weighted by molar-refractivity contribution is 0.252. The fourth-order valence-electron chi connectivity index (χ4n) is 3.43. The van der Waals surface area contributed by atoms with Crippen molar-refractivity contribution in [2.24, 2.45) is 5.41 Å². The molecule has 110 valence electrons. The third-order valence-corrected chi connectivity index (χ3v) is 4.79. The van der Waals surface area contributed by atoms with Crippen molar-refractivity contribution in [1.82, 2.24) is 5.32 Å². The van der Waals surface area contributed by atoms with Gasteiger partial charge in [-0.3, -0.25) is 0 Å². The first-order valence-electron chi connectivity index (χ1n) is 7.57. The lowest BCUT2D eigenvalue weighted by Crippen LogP contribution is -2.33. The Morgan fingerprint density at radius 3 is 2.67 bits per heavy atom.